The molecule has 0 spiro atoms. The molecule has 1 aromatic carbocycles. The molecule has 0 radical (unpaired) electrons. The lowest BCUT2D eigenvalue weighted by molar-refractivity contribution is 0.259. The van der Waals surface area contributed by atoms with Crippen molar-refractivity contribution in [1.82, 2.24) is 24.6 Å². The number of sulfonamides is 1. The highest BCUT2D eigenvalue weighted by atomic mass is 127. The molecule has 11 heteroatoms. The summed E-state index contributed by atoms with van der Waals surface area (Å²) >= 11 is 0. The molecule has 1 fully saturated rings. The highest BCUT2D eigenvalue weighted by molar-refractivity contribution is 14.0. The van der Waals surface area contributed by atoms with E-state index in [1.807, 2.05) is 6.92 Å². The molecule has 0 atom stereocenters. The molecule has 2 aromatic rings. The zero-order valence-corrected chi connectivity index (χ0v) is 22.0. The summed E-state index contributed by atoms with van der Waals surface area (Å²) in [5.41, 5.74) is 2.84. The van der Waals surface area contributed by atoms with Crippen molar-refractivity contribution in [3.8, 4) is 0 Å². The molecule has 0 aliphatic carbocycles. The third-order valence-electron chi connectivity index (χ3n) is 5.02. The zero-order valence-electron chi connectivity index (χ0n) is 18.9. The average Bonchev–Trinajstić information content (AvgIpc) is 3.24. The summed E-state index contributed by atoms with van der Waals surface area (Å²) in [6.45, 7) is 6.30. The summed E-state index contributed by atoms with van der Waals surface area (Å²) in [6, 6.07) is 10.1. The third-order valence-corrected chi connectivity index (χ3v) is 6.83. The lowest BCUT2D eigenvalue weighted by Gasteiger charge is -2.35. The smallest absolute Gasteiger partial charge is 0.220 e. The predicted molar refractivity (Wildman–Crippen MR) is 136 cm³/mol. The number of benzene rings is 1. The van der Waals surface area contributed by atoms with Crippen LogP contribution in [-0.2, 0) is 28.9 Å². The lowest BCUT2D eigenvalue weighted by Crippen LogP contribution is -2.53. The number of aliphatic imine (C=N–C) groups is 1. The molecular formula is C21H33IN6O3S. The predicted octanol–water partition coefficient (Wildman–Crippen LogP) is 1.97. The third kappa shape index (κ3) is 7.71. The number of nitrogens with zero attached hydrogens (tertiary/aromatic N) is 5. The Morgan fingerprint density at radius 3 is 2.34 bits per heavy atom. The number of piperazine rings is 1. The van der Waals surface area contributed by atoms with Gasteiger partial charge in [-0.05, 0) is 32.1 Å². The minimum atomic E-state index is -3.42. The van der Waals surface area contributed by atoms with Crippen LogP contribution in [-0.4, -0.2) is 80.5 Å². The van der Waals surface area contributed by atoms with E-state index in [1.165, 1.54) is 16.1 Å². The van der Waals surface area contributed by atoms with Crippen molar-refractivity contribution >= 4 is 40.0 Å². The van der Waals surface area contributed by atoms with Crippen LogP contribution in [0, 0.1) is 0 Å². The second-order valence-corrected chi connectivity index (χ2v) is 9.83. The lowest BCUT2D eigenvalue weighted by atomic mass is 10.1. The van der Waals surface area contributed by atoms with Gasteiger partial charge in [0.15, 0.2) is 5.96 Å². The fraction of sp³-hybridized carbons (Fsp3) is 0.524. The number of aromatic nitrogens is 1. The maximum absolute atomic E-state index is 12.6. The van der Waals surface area contributed by atoms with Crippen LogP contribution in [0.25, 0.3) is 0 Å². The van der Waals surface area contributed by atoms with E-state index in [0.29, 0.717) is 38.4 Å². The van der Waals surface area contributed by atoms with Gasteiger partial charge >= 0.3 is 0 Å². The van der Waals surface area contributed by atoms with Crippen LogP contribution in [0.3, 0.4) is 0 Å². The molecule has 2 heterocycles. The van der Waals surface area contributed by atoms with Crippen LogP contribution < -0.4 is 5.32 Å². The molecule has 1 aliphatic heterocycles. The first-order valence-corrected chi connectivity index (χ1v) is 12.1. The summed E-state index contributed by atoms with van der Waals surface area (Å²) in [6.07, 6.45) is 1.39. The SMILES string of the molecule is CCNC(=NCc1ccc(CN(C)C)cc1)N1CCN(S(=O)(=O)Cc2ccon2)CC1.I. The molecule has 0 unspecified atom stereocenters. The van der Waals surface area contributed by atoms with Gasteiger partial charge in [-0.1, -0.05) is 29.4 Å². The molecule has 1 aromatic heterocycles. The summed E-state index contributed by atoms with van der Waals surface area (Å²) in [7, 11) is 0.696. The van der Waals surface area contributed by atoms with Gasteiger partial charge in [0.2, 0.25) is 10.0 Å². The maximum atomic E-state index is 12.6. The van der Waals surface area contributed by atoms with E-state index in [9.17, 15) is 8.42 Å². The van der Waals surface area contributed by atoms with Crippen molar-refractivity contribution in [2.75, 3.05) is 46.8 Å². The van der Waals surface area contributed by atoms with Crippen LogP contribution in [0.4, 0.5) is 0 Å². The largest absolute Gasteiger partial charge is 0.364 e. The molecule has 0 amide bonds. The quantitative estimate of drug-likeness (QED) is 0.292. The van der Waals surface area contributed by atoms with E-state index in [1.54, 1.807) is 6.07 Å². The van der Waals surface area contributed by atoms with E-state index in [2.05, 4.69) is 58.6 Å². The van der Waals surface area contributed by atoms with Gasteiger partial charge in [0.1, 0.15) is 12.0 Å². The Morgan fingerprint density at radius 1 is 1.12 bits per heavy atom. The van der Waals surface area contributed by atoms with Gasteiger partial charge in [0.05, 0.1) is 12.2 Å². The number of rotatable bonds is 8. The van der Waals surface area contributed by atoms with Gasteiger partial charge in [-0.15, -0.1) is 24.0 Å². The Morgan fingerprint density at radius 2 is 1.78 bits per heavy atom. The Bertz CT molecular complexity index is 940. The topological polar surface area (TPSA) is 94.3 Å². The number of halogens is 1. The van der Waals surface area contributed by atoms with Gasteiger partial charge in [0.25, 0.3) is 0 Å². The Balaban J connectivity index is 0.00000363. The number of guanidine groups is 1. The first kappa shape index (κ1) is 26.6. The fourth-order valence-corrected chi connectivity index (χ4v) is 4.90. The van der Waals surface area contributed by atoms with E-state index in [0.717, 1.165) is 24.6 Å². The normalized spacial score (nSPS) is 15.6. The molecule has 1 saturated heterocycles. The molecule has 32 heavy (non-hydrogen) atoms. The zero-order chi connectivity index (χ0) is 22.3. The summed E-state index contributed by atoms with van der Waals surface area (Å²) in [5.74, 6) is 0.676. The minimum absolute atomic E-state index is 0. The monoisotopic (exact) mass is 576 g/mol. The van der Waals surface area contributed by atoms with Crippen molar-refractivity contribution in [1.29, 1.82) is 0 Å². The summed E-state index contributed by atoms with van der Waals surface area (Å²) in [4.78, 5) is 9.03. The van der Waals surface area contributed by atoms with Gasteiger partial charge in [-0.3, -0.25) is 0 Å². The summed E-state index contributed by atoms with van der Waals surface area (Å²) in [5, 5.41) is 7.04. The molecule has 0 bridgehead atoms. The van der Waals surface area contributed by atoms with Crippen molar-refractivity contribution in [3.05, 3.63) is 53.4 Å². The van der Waals surface area contributed by atoms with E-state index < -0.39 is 10.0 Å². The first-order valence-electron chi connectivity index (χ1n) is 10.5. The van der Waals surface area contributed by atoms with Crippen LogP contribution in [0.15, 0.2) is 46.1 Å². The number of hydrogen-bond donors (Lipinski definition) is 1. The van der Waals surface area contributed by atoms with E-state index >= 15 is 0 Å². The summed E-state index contributed by atoms with van der Waals surface area (Å²) < 4.78 is 31.5. The first-order chi connectivity index (χ1) is 14.9. The second kappa shape index (κ2) is 12.5. The number of hydrogen-bond acceptors (Lipinski definition) is 6. The van der Waals surface area contributed by atoms with Crippen LogP contribution >= 0.6 is 24.0 Å². The highest BCUT2D eigenvalue weighted by Crippen LogP contribution is 2.13. The van der Waals surface area contributed by atoms with Crippen LogP contribution in [0.5, 0.6) is 0 Å². The second-order valence-electron chi connectivity index (χ2n) is 7.86. The fourth-order valence-electron chi connectivity index (χ4n) is 3.48. The molecular weight excluding hydrogens is 543 g/mol. The van der Waals surface area contributed by atoms with Crippen molar-refractivity contribution in [2.24, 2.45) is 4.99 Å². The van der Waals surface area contributed by atoms with Crippen molar-refractivity contribution in [3.63, 3.8) is 0 Å². The van der Waals surface area contributed by atoms with Crippen molar-refractivity contribution < 1.29 is 12.9 Å². The number of nitrogens with one attached hydrogen (secondary N) is 1. The molecule has 0 saturated carbocycles. The Labute approximate surface area is 207 Å². The van der Waals surface area contributed by atoms with E-state index in [-0.39, 0.29) is 29.7 Å². The van der Waals surface area contributed by atoms with Gasteiger partial charge in [-0.25, -0.2) is 13.4 Å². The molecule has 1 N–H and O–H groups in total. The maximum Gasteiger partial charge on any atom is 0.220 e. The highest BCUT2D eigenvalue weighted by Gasteiger charge is 2.29. The van der Waals surface area contributed by atoms with E-state index in [4.69, 9.17) is 9.52 Å². The van der Waals surface area contributed by atoms with Gasteiger partial charge < -0.3 is 19.6 Å². The minimum Gasteiger partial charge on any atom is -0.364 e. The average molecular weight is 577 g/mol. The van der Waals surface area contributed by atoms with Gasteiger partial charge in [-0.2, -0.15) is 4.31 Å². The molecule has 9 nitrogen and oxygen atoms in total. The van der Waals surface area contributed by atoms with Gasteiger partial charge in [0, 0.05) is 45.3 Å². The molecule has 3 rings (SSSR count). The Hall–Kier alpha value is -1.70. The van der Waals surface area contributed by atoms with Crippen LogP contribution in [0.1, 0.15) is 23.7 Å². The Kier molecular flexibility index (Phi) is 10.4. The standard InChI is InChI=1S/C21H32N6O3S.HI/c1-4-22-21(23-15-18-5-7-19(8-6-18)16-25(2)3)26-10-12-27(13-11-26)31(28,29)17-20-9-14-30-24-20;/h5-9,14H,4,10-13,15-17H2,1-3H3,(H,22,23);1H. The molecule has 178 valence electrons. The van der Waals surface area contributed by atoms with Crippen molar-refractivity contribution in [2.45, 2.75) is 25.8 Å². The molecule has 1 aliphatic rings. The van der Waals surface area contributed by atoms with Crippen LogP contribution in [0.2, 0.25) is 0 Å².